The van der Waals surface area contributed by atoms with Crippen LogP contribution in [-0.2, 0) is 12.8 Å². The number of anilines is 6. The minimum Gasteiger partial charge on any atom is -0.311 e. The SMILES string of the molecule is CCCCCCCCc1ccc2c(c1)N(c1ccccc1)c1cc(CCCCCCCC)cc3c1B2c1ccccc1N3c1ccccc1. The molecule has 7 rings (SSSR count). The van der Waals surface area contributed by atoms with Crippen LogP contribution in [0.1, 0.15) is 102 Å². The van der Waals surface area contributed by atoms with Gasteiger partial charge in [0.15, 0.2) is 0 Å². The van der Waals surface area contributed by atoms with E-state index in [9.17, 15) is 0 Å². The van der Waals surface area contributed by atoms with Gasteiger partial charge in [-0.05, 0) is 102 Å². The highest BCUT2D eigenvalue weighted by Gasteiger charge is 2.43. The van der Waals surface area contributed by atoms with E-state index in [4.69, 9.17) is 0 Å². The first kappa shape index (κ1) is 33.3. The molecule has 0 aliphatic carbocycles. The maximum absolute atomic E-state index is 2.59. The first-order valence-electron chi connectivity index (χ1n) is 19.4. The van der Waals surface area contributed by atoms with Gasteiger partial charge < -0.3 is 9.80 Å². The molecule has 2 aliphatic heterocycles. The number of aryl methyl sites for hydroxylation is 2. The molecule has 5 aromatic carbocycles. The summed E-state index contributed by atoms with van der Waals surface area (Å²) in [5.41, 5.74) is 14.9. The number of benzene rings is 5. The molecule has 0 aromatic heterocycles. The highest BCUT2D eigenvalue weighted by Crippen LogP contribution is 2.44. The van der Waals surface area contributed by atoms with E-state index < -0.39 is 0 Å². The zero-order chi connectivity index (χ0) is 33.4. The summed E-state index contributed by atoms with van der Waals surface area (Å²) < 4.78 is 0. The van der Waals surface area contributed by atoms with E-state index in [1.165, 1.54) is 139 Å². The van der Waals surface area contributed by atoms with Gasteiger partial charge in [0, 0.05) is 34.1 Å². The van der Waals surface area contributed by atoms with Crippen molar-refractivity contribution in [3.8, 4) is 0 Å². The number of hydrogen-bond acceptors (Lipinski definition) is 2. The Hall–Kier alpha value is -4.24. The Morgan fingerprint density at radius 2 is 0.878 bits per heavy atom. The van der Waals surface area contributed by atoms with E-state index in [0.29, 0.717) is 0 Å². The van der Waals surface area contributed by atoms with Crippen molar-refractivity contribution in [1.29, 1.82) is 0 Å². The van der Waals surface area contributed by atoms with E-state index in [1.807, 2.05) is 0 Å². The Bertz CT molecular complexity index is 1810. The molecule has 2 nitrogen and oxygen atoms in total. The minimum absolute atomic E-state index is 0.183. The maximum Gasteiger partial charge on any atom is 0.252 e. The maximum atomic E-state index is 2.59. The molecule has 0 atom stereocenters. The van der Waals surface area contributed by atoms with Gasteiger partial charge in [-0.1, -0.05) is 145 Å². The molecule has 0 spiro atoms. The van der Waals surface area contributed by atoms with Crippen molar-refractivity contribution in [3.05, 3.63) is 126 Å². The molecular formula is C46H53BN2. The topological polar surface area (TPSA) is 6.48 Å². The summed E-state index contributed by atoms with van der Waals surface area (Å²) in [4.78, 5) is 5.13. The Morgan fingerprint density at radius 1 is 0.408 bits per heavy atom. The fraction of sp³-hybridized carbons (Fsp3) is 0.348. The lowest BCUT2D eigenvalue weighted by Crippen LogP contribution is -2.61. The highest BCUT2D eigenvalue weighted by molar-refractivity contribution is 7.00. The van der Waals surface area contributed by atoms with Crippen molar-refractivity contribution in [3.63, 3.8) is 0 Å². The molecule has 2 heterocycles. The van der Waals surface area contributed by atoms with Gasteiger partial charge in [-0.2, -0.15) is 0 Å². The van der Waals surface area contributed by atoms with E-state index >= 15 is 0 Å². The standard InChI is InChI=1S/C46H53BN2/c1-3-5-7-9-11-15-23-36-31-32-41-43(33-36)49(39-27-19-14-20-28-39)45-35-37(24-16-12-10-8-6-4-2)34-44-46(45)47(41)40-29-21-22-30-42(40)48(44)38-25-17-13-18-26-38/h13-14,17-22,25-35H,3-12,15-16,23-24H2,1-2H3. The Labute approximate surface area is 296 Å². The van der Waals surface area contributed by atoms with Crippen LogP contribution in [-0.4, -0.2) is 6.71 Å². The van der Waals surface area contributed by atoms with Gasteiger partial charge >= 0.3 is 0 Å². The van der Waals surface area contributed by atoms with Crippen molar-refractivity contribution in [2.75, 3.05) is 9.80 Å². The number of hydrogen-bond donors (Lipinski definition) is 0. The van der Waals surface area contributed by atoms with Crippen molar-refractivity contribution in [1.82, 2.24) is 0 Å². The molecule has 0 unspecified atom stereocenters. The number of fused-ring (bicyclic) bond motifs is 4. The molecule has 0 N–H and O–H groups in total. The number of unbranched alkanes of at least 4 members (excludes halogenated alkanes) is 10. The van der Waals surface area contributed by atoms with E-state index in [0.717, 1.165) is 12.8 Å². The van der Waals surface area contributed by atoms with Crippen LogP contribution < -0.4 is 26.2 Å². The van der Waals surface area contributed by atoms with Crippen molar-refractivity contribution in [2.24, 2.45) is 0 Å². The summed E-state index contributed by atoms with van der Waals surface area (Å²) in [5.74, 6) is 0. The van der Waals surface area contributed by atoms with Crippen molar-refractivity contribution >= 4 is 57.2 Å². The quantitative estimate of drug-likeness (QED) is 0.0763. The van der Waals surface area contributed by atoms with Gasteiger partial charge in [-0.25, -0.2) is 0 Å². The Kier molecular flexibility index (Phi) is 10.9. The van der Waals surface area contributed by atoms with Crippen LogP contribution in [0.3, 0.4) is 0 Å². The van der Waals surface area contributed by atoms with Crippen LogP contribution >= 0.6 is 0 Å². The monoisotopic (exact) mass is 644 g/mol. The second kappa shape index (κ2) is 16.0. The highest BCUT2D eigenvalue weighted by atomic mass is 15.2. The van der Waals surface area contributed by atoms with Gasteiger partial charge in [-0.15, -0.1) is 0 Å². The van der Waals surface area contributed by atoms with E-state index in [-0.39, 0.29) is 6.71 Å². The summed E-state index contributed by atoms with van der Waals surface area (Å²) in [6, 6.07) is 43.8. The number of nitrogens with zero attached hydrogens (tertiary/aromatic N) is 2. The average Bonchev–Trinajstić information content (AvgIpc) is 3.15. The Morgan fingerprint density at radius 3 is 1.49 bits per heavy atom. The van der Waals surface area contributed by atoms with Crippen LogP contribution in [0.25, 0.3) is 0 Å². The molecule has 2 aliphatic rings. The van der Waals surface area contributed by atoms with E-state index in [2.05, 4.69) is 139 Å². The third-order valence-electron chi connectivity index (χ3n) is 10.8. The fourth-order valence-electron chi connectivity index (χ4n) is 8.27. The third-order valence-corrected chi connectivity index (χ3v) is 10.8. The van der Waals surface area contributed by atoms with Gasteiger partial charge in [0.1, 0.15) is 0 Å². The summed E-state index contributed by atoms with van der Waals surface area (Å²) in [6.45, 7) is 4.78. The molecular weight excluding hydrogens is 591 g/mol. The van der Waals surface area contributed by atoms with Crippen LogP contribution in [0.15, 0.2) is 115 Å². The number of rotatable bonds is 16. The lowest BCUT2D eigenvalue weighted by Gasteiger charge is -2.44. The molecule has 0 radical (unpaired) electrons. The second-order valence-electron chi connectivity index (χ2n) is 14.3. The smallest absolute Gasteiger partial charge is 0.252 e. The molecule has 0 saturated carbocycles. The van der Waals surface area contributed by atoms with Crippen molar-refractivity contribution in [2.45, 2.75) is 104 Å². The first-order valence-corrected chi connectivity index (χ1v) is 19.4. The summed E-state index contributed by atoms with van der Waals surface area (Å²) in [7, 11) is 0. The molecule has 0 saturated heterocycles. The predicted octanol–water partition coefficient (Wildman–Crippen LogP) is 11.6. The lowest BCUT2D eigenvalue weighted by molar-refractivity contribution is 0.607. The molecule has 49 heavy (non-hydrogen) atoms. The molecule has 250 valence electrons. The van der Waals surface area contributed by atoms with Crippen LogP contribution in [0, 0.1) is 0 Å². The van der Waals surface area contributed by atoms with Crippen molar-refractivity contribution < 1.29 is 0 Å². The first-order chi connectivity index (χ1) is 24.3. The summed E-state index contributed by atoms with van der Waals surface area (Å²) in [5, 5.41) is 0. The third kappa shape index (κ3) is 7.09. The predicted molar refractivity (Wildman–Crippen MR) is 215 cm³/mol. The van der Waals surface area contributed by atoms with Crippen LogP contribution in [0.5, 0.6) is 0 Å². The number of para-hydroxylation sites is 3. The fourth-order valence-corrected chi connectivity index (χ4v) is 8.27. The molecule has 3 heteroatoms. The second-order valence-corrected chi connectivity index (χ2v) is 14.3. The molecule has 0 fully saturated rings. The van der Waals surface area contributed by atoms with Crippen LogP contribution in [0.4, 0.5) is 34.1 Å². The Balaban J connectivity index is 1.36. The minimum atomic E-state index is 0.183. The van der Waals surface area contributed by atoms with Gasteiger partial charge in [-0.3, -0.25) is 0 Å². The van der Waals surface area contributed by atoms with Gasteiger partial charge in [0.05, 0.1) is 0 Å². The molecule has 0 bridgehead atoms. The summed E-state index contributed by atoms with van der Waals surface area (Å²) in [6.07, 6.45) is 18.1. The zero-order valence-electron chi connectivity index (χ0n) is 29.8. The average molecular weight is 645 g/mol. The molecule has 5 aromatic rings. The van der Waals surface area contributed by atoms with Crippen LogP contribution in [0.2, 0.25) is 0 Å². The normalized spacial score (nSPS) is 12.9. The van der Waals surface area contributed by atoms with E-state index in [1.54, 1.807) is 0 Å². The van der Waals surface area contributed by atoms with Gasteiger partial charge in [0.2, 0.25) is 0 Å². The van der Waals surface area contributed by atoms with Gasteiger partial charge in [0.25, 0.3) is 6.71 Å². The molecule has 0 amide bonds. The zero-order valence-corrected chi connectivity index (χ0v) is 29.8. The largest absolute Gasteiger partial charge is 0.311 e. The lowest BCUT2D eigenvalue weighted by atomic mass is 9.33. The summed E-state index contributed by atoms with van der Waals surface area (Å²) >= 11 is 0.